The maximum absolute atomic E-state index is 10.3. The van der Waals surface area contributed by atoms with E-state index in [0.717, 1.165) is 0 Å². The maximum atomic E-state index is 10.3. The quantitative estimate of drug-likeness (QED) is 0.483. The fraction of sp³-hybridized carbons (Fsp3) is 0. The zero-order valence-electron chi connectivity index (χ0n) is 4.27. The Morgan fingerprint density at radius 3 is 2.56 bits per heavy atom. The van der Waals surface area contributed by atoms with Crippen LogP contribution in [0.2, 0.25) is 0 Å². The molecule has 0 saturated carbocycles. The fourth-order valence-electron chi connectivity index (χ4n) is 0.409. The molecule has 1 N–H and O–H groups in total. The molecule has 1 unspecified atom stereocenters. The molecule has 5 heteroatoms. The Morgan fingerprint density at radius 2 is 2.33 bits per heavy atom. The molecule has 0 fully saturated rings. The van der Waals surface area contributed by atoms with Crippen molar-refractivity contribution in [2.45, 2.75) is 9.79 Å². The molecule has 0 aromatic carbocycles. The van der Waals surface area contributed by atoms with Gasteiger partial charge in [0.25, 0.3) is 0 Å². The molecule has 1 aromatic rings. The number of thiol groups is 1. The monoisotopic (exact) mass is 164 g/mol. The van der Waals surface area contributed by atoms with Crippen molar-refractivity contribution in [3.63, 3.8) is 0 Å². The van der Waals surface area contributed by atoms with Crippen LogP contribution in [0, 0.1) is 0 Å². The molecule has 0 bridgehead atoms. The van der Waals surface area contributed by atoms with Gasteiger partial charge in [0.05, 0.1) is 4.90 Å². The summed E-state index contributed by atoms with van der Waals surface area (Å²) in [6.45, 7) is 0. The van der Waals surface area contributed by atoms with Gasteiger partial charge in [-0.1, -0.05) is 0 Å². The second kappa shape index (κ2) is 2.55. The lowest BCUT2D eigenvalue weighted by atomic mass is 10.7. The van der Waals surface area contributed by atoms with E-state index >= 15 is 0 Å². The Bertz CT molecular complexity index is 229. The van der Waals surface area contributed by atoms with E-state index in [1.165, 1.54) is 12.5 Å². The SMILES string of the molecule is O=S(O)c1cocc1S. The van der Waals surface area contributed by atoms with Crippen molar-refractivity contribution in [1.29, 1.82) is 0 Å². The summed E-state index contributed by atoms with van der Waals surface area (Å²) < 4.78 is 23.3. The van der Waals surface area contributed by atoms with Gasteiger partial charge in [-0.05, 0) is 0 Å². The van der Waals surface area contributed by atoms with E-state index in [-0.39, 0.29) is 4.90 Å². The predicted molar refractivity (Wildman–Crippen MR) is 35.0 cm³/mol. The molecule has 1 heterocycles. The van der Waals surface area contributed by atoms with Gasteiger partial charge in [0, 0.05) is 0 Å². The van der Waals surface area contributed by atoms with Crippen LogP contribution in [0.5, 0.6) is 0 Å². The first-order valence-electron chi connectivity index (χ1n) is 2.08. The summed E-state index contributed by atoms with van der Waals surface area (Å²) in [5.74, 6) is 0. The Morgan fingerprint density at radius 1 is 1.67 bits per heavy atom. The van der Waals surface area contributed by atoms with Crippen LogP contribution in [-0.2, 0) is 11.1 Å². The van der Waals surface area contributed by atoms with Crippen LogP contribution >= 0.6 is 12.6 Å². The van der Waals surface area contributed by atoms with Gasteiger partial charge in [0.15, 0.2) is 11.1 Å². The molecule has 0 spiro atoms. The van der Waals surface area contributed by atoms with Crippen molar-refractivity contribution >= 4 is 23.7 Å². The zero-order chi connectivity index (χ0) is 6.85. The highest BCUT2D eigenvalue weighted by Gasteiger charge is 2.05. The minimum atomic E-state index is -1.98. The van der Waals surface area contributed by atoms with Gasteiger partial charge < -0.3 is 8.97 Å². The van der Waals surface area contributed by atoms with E-state index in [9.17, 15) is 4.21 Å². The van der Waals surface area contributed by atoms with E-state index < -0.39 is 11.1 Å². The van der Waals surface area contributed by atoms with Gasteiger partial charge in [0.1, 0.15) is 17.4 Å². The number of hydrogen-bond donors (Lipinski definition) is 2. The van der Waals surface area contributed by atoms with Gasteiger partial charge in [0.2, 0.25) is 0 Å². The van der Waals surface area contributed by atoms with Crippen molar-refractivity contribution in [1.82, 2.24) is 0 Å². The van der Waals surface area contributed by atoms with Crippen molar-refractivity contribution < 1.29 is 13.2 Å². The molecule has 1 rings (SSSR count). The highest BCUT2D eigenvalue weighted by atomic mass is 32.2. The van der Waals surface area contributed by atoms with Crippen LogP contribution in [-0.4, -0.2) is 8.76 Å². The fourth-order valence-corrected chi connectivity index (χ4v) is 1.12. The lowest BCUT2D eigenvalue weighted by Crippen LogP contribution is -1.84. The van der Waals surface area contributed by atoms with E-state index in [1.54, 1.807) is 0 Å². The van der Waals surface area contributed by atoms with Crippen LogP contribution < -0.4 is 0 Å². The molecular formula is C4H4O3S2. The number of rotatable bonds is 1. The first-order chi connectivity index (χ1) is 4.22. The summed E-state index contributed by atoms with van der Waals surface area (Å²) in [6, 6.07) is 0. The van der Waals surface area contributed by atoms with Crippen LogP contribution in [0.25, 0.3) is 0 Å². The highest BCUT2D eigenvalue weighted by Crippen LogP contribution is 2.16. The summed E-state index contributed by atoms with van der Waals surface area (Å²) >= 11 is 1.86. The lowest BCUT2D eigenvalue weighted by Gasteiger charge is -1.84. The van der Waals surface area contributed by atoms with Crippen molar-refractivity contribution in [2.24, 2.45) is 0 Å². The molecule has 0 amide bonds. The standard InChI is InChI=1S/C4H4O3S2/c5-9(6)4-2-7-1-3(4)8/h1-2,8H,(H,5,6). The normalized spacial score (nSPS) is 13.6. The molecule has 50 valence electrons. The van der Waals surface area contributed by atoms with Crippen molar-refractivity contribution in [3.05, 3.63) is 12.5 Å². The molecule has 3 nitrogen and oxygen atoms in total. The molecule has 0 radical (unpaired) electrons. The largest absolute Gasteiger partial charge is 0.470 e. The number of hydrogen-bond acceptors (Lipinski definition) is 3. The first kappa shape index (κ1) is 6.85. The van der Waals surface area contributed by atoms with Gasteiger partial charge in [-0.3, -0.25) is 0 Å². The van der Waals surface area contributed by atoms with Gasteiger partial charge >= 0.3 is 0 Å². The van der Waals surface area contributed by atoms with Gasteiger partial charge in [-0.15, -0.1) is 12.6 Å². The highest BCUT2D eigenvalue weighted by molar-refractivity contribution is 7.83. The zero-order valence-corrected chi connectivity index (χ0v) is 5.98. The van der Waals surface area contributed by atoms with Crippen LogP contribution in [0.4, 0.5) is 0 Å². The second-order valence-electron chi connectivity index (χ2n) is 1.37. The smallest absolute Gasteiger partial charge is 0.190 e. The third kappa shape index (κ3) is 1.35. The summed E-state index contributed by atoms with van der Waals surface area (Å²) in [5.41, 5.74) is 0. The summed E-state index contributed by atoms with van der Waals surface area (Å²) in [4.78, 5) is 0.606. The Labute approximate surface area is 59.8 Å². The van der Waals surface area contributed by atoms with Crippen molar-refractivity contribution in [3.8, 4) is 0 Å². The van der Waals surface area contributed by atoms with E-state index in [0.29, 0.717) is 4.90 Å². The molecule has 0 saturated heterocycles. The Kier molecular flexibility index (Phi) is 1.94. The third-order valence-corrected chi connectivity index (χ3v) is 1.99. The molecule has 0 aliphatic rings. The maximum Gasteiger partial charge on any atom is 0.190 e. The molecular weight excluding hydrogens is 160 g/mol. The van der Waals surface area contributed by atoms with E-state index in [1.807, 2.05) is 0 Å². The van der Waals surface area contributed by atoms with E-state index in [2.05, 4.69) is 17.0 Å². The van der Waals surface area contributed by atoms with Crippen molar-refractivity contribution in [2.75, 3.05) is 0 Å². The third-order valence-electron chi connectivity index (χ3n) is 0.795. The summed E-state index contributed by atoms with van der Waals surface area (Å²) in [6.07, 6.45) is 2.49. The average Bonchev–Trinajstić information content (AvgIpc) is 2.13. The molecule has 1 aromatic heterocycles. The molecule has 0 aliphatic carbocycles. The second-order valence-corrected chi connectivity index (χ2v) is 2.79. The Balaban J connectivity index is 3.08. The predicted octanol–water partition coefficient (Wildman–Crippen LogP) is 1.15. The van der Waals surface area contributed by atoms with Crippen LogP contribution in [0.15, 0.2) is 26.7 Å². The minimum Gasteiger partial charge on any atom is -0.470 e. The summed E-state index contributed by atoms with van der Waals surface area (Å²) in [7, 11) is 0. The average molecular weight is 164 g/mol. The summed E-state index contributed by atoms with van der Waals surface area (Å²) in [5, 5.41) is 0. The van der Waals surface area contributed by atoms with Gasteiger partial charge in [-0.2, -0.15) is 0 Å². The topological polar surface area (TPSA) is 50.4 Å². The lowest BCUT2D eigenvalue weighted by molar-refractivity contribution is 0.546. The minimum absolute atomic E-state index is 0.207. The molecule has 1 atom stereocenters. The molecule has 9 heavy (non-hydrogen) atoms. The van der Waals surface area contributed by atoms with Crippen LogP contribution in [0.1, 0.15) is 0 Å². The van der Waals surface area contributed by atoms with Gasteiger partial charge in [-0.25, -0.2) is 4.21 Å². The number of furan rings is 1. The van der Waals surface area contributed by atoms with Crippen LogP contribution in [0.3, 0.4) is 0 Å². The van der Waals surface area contributed by atoms with E-state index in [4.69, 9.17) is 4.55 Å². The first-order valence-corrected chi connectivity index (χ1v) is 3.63. The molecule has 0 aliphatic heterocycles. The Hall–Kier alpha value is -0.260.